The monoisotopic (exact) mass is 554 g/mol. The van der Waals surface area contributed by atoms with Crippen LogP contribution in [0.15, 0.2) is 35.6 Å². The van der Waals surface area contributed by atoms with Gasteiger partial charge in [-0.25, -0.2) is 4.99 Å². The molecule has 2 aromatic rings. The first-order valence-corrected chi connectivity index (χ1v) is 11.4. The molecule has 0 aliphatic heterocycles. The Balaban J connectivity index is 0.00000363. The van der Waals surface area contributed by atoms with Crippen molar-refractivity contribution in [1.82, 2.24) is 25.3 Å². The quantitative estimate of drug-likeness (QED) is 0.279. The van der Waals surface area contributed by atoms with Crippen LogP contribution in [0.4, 0.5) is 0 Å². The molecule has 0 radical (unpaired) electrons. The van der Waals surface area contributed by atoms with Crippen molar-refractivity contribution in [2.45, 2.75) is 58.2 Å². The highest BCUT2D eigenvalue weighted by molar-refractivity contribution is 14.0. The second kappa shape index (κ2) is 13.0. The summed E-state index contributed by atoms with van der Waals surface area (Å²) in [6.45, 7) is 6.33. The van der Waals surface area contributed by atoms with E-state index in [4.69, 9.17) is 9.73 Å². The zero-order chi connectivity index (χ0) is 22.2. The van der Waals surface area contributed by atoms with Crippen molar-refractivity contribution in [3.05, 3.63) is 47.3 Å². The van der Waals surface area contributed by atoms with E-state index >= 15 is 0 Å². The van der Waals surface area contributed by atoms with E-state index in [1.54, 1.807) is 0 Å². The summed E-state index contributed by atoms with van der Waals surface area (Å²) >= 11 is 0. The van der Waals surface area contributed by atoms with Crippen molar-refractivity contribution in [2.24, 2.45) is 12.0 Å². The Hall–Kier alpha value is -1.81. The van der Waals surface area contributed by atoms with Crippen molar-refractivity contribution >= 4 is 29.9 Å². The lowest BCUT2D eigenvalue weighted by Crippen LogP contribution is -2.41. The Morgan fingerprint density at radius 3 is 2.66 bits per heavy atom. The minimum absolute atomic E-state index is 0. The predicted octanol–water partition coefficient (Wildman–Crippen LogP) is 4.03. The maximum Gasteiger partial charge on any atom is 0.191 e. The first kappa shape index (κ1) is 26.4. The molecule has 32 heavy (non-hydrogen) atoms. The summed E-state index contributed by atoms with van der Waals surface area (Å²) in [6.07, 6.45) is 9.17. The number of hydrogen-bond donors (Lipinski definition) is 2. The van der Waals surface area contributed by atoms with E-state index in [0.717, 1.165) is 43.2 Å². The van der Waals surface area contributed by atoms with Crippen LogP contribution in [-0.2, 0) is 13.6 Å². The number of ether oxygens (including phenoxy) is 1. The number of aromatic nitrogens is 2. The lowest BCUT2D eigenvalue weighted by molar-refractivity contribution is 0.208. The number of rotatable bonds is 9. The average molecular weight is 555 g/mol. The molecular formula is C24H39IN6O. The van der Waals surface area contributed by atoms with Crippen LogP contribution in [0, 0.1) is 6.92 Å². The van der Waals surface area contributed by atoms with Crippen molar-refractivity contribution in [2.75, 3.05) is 27.2 Å². The third kappa shape index (κ3) is 7.65. The Bertz CT molecular complexity index is 860. The SMILES string of the molecule is CCNC(=NCc1ccc(C)cc1OC1CCCC1)NCC(c1cnn(C)c1)N(C)C.I. The summed E-state index contributed by atoms with van der Waals surface area (Å²) in [4.78, 5) is 7.05. The molecule has 0 bridgehead atoms. The lowest BCUT2D eigenvalue weighted by Gasteiger charge is -2.24. The fourth-order valence-electron chi connectivity index (χ4n) is 4.00. The van der Waals surface area contributed by atoms with Crippen LogP contribution < -0.4 is 15.4 Å². The summed E-state index contributed by atoms with van der Waals surface area (Å²) in [5, 5.41) is 11.2. The summed E-state index contributed by atoms with van der Waals surface area (Å²) < 4.78 is 8.19. The summed E-state index contributed by atoms with van der Waals surface area (Å²) in [6, 6.07) is 6.63. The van der Waals surface area contributed by atoms with Gasteiger partial charge in [0.1, 0.15) is 5.75 Å². The number of nitrogens with one attached hydrogen (secondary N) is 2. The molecular weight excluding hydrogens is 515 g/mol. The third-order valence-electron chi connectivity index (χ3n) is 5.77. The van der Waals surface area contributed by atoms with Gasteiger partial charge in [-0.15, -0.1) is 24.0 Å². The molecule has 1 saturated carbocycles. The van der Waals surface area contributed by atoms with E-state index in [9.17, 15) is 0 Å². The van der Waals surface area contributed by atoms with Gasteiger partial charge in [0.05, 0.1) is 24.9 Å². The van der Waals surface area contributed by atoms with Crippen LogP contribution in [0.1, 0.15) is 55.3 Å². The van der Waals surface area contributed by atoms with Crippen LogP contribution in [0.5, 0.6) is 5.75 Å². The van der Waals surface area contributed by atoms with Crippen molar-refractivity contribution in [3.63, 3.8) is 0 Å². The smallest absolute Gasteiger partial charge is 0.191 e. The van der Waals surface area contributed by atoms with Gasteiger partial charge in [-0.05, 0) is 65.3 Å². The second-order valence-electron chi connectivity index (χ2n) is 8.64. The number of hydrogen-bond acceptors (Lipinski definition) is 4. The molecule has 1 fully saturated rings. The van der Waals surface area contributed by atoms with Gasteiger partial charge in [0.2, 0.25) is 0 Å². The molecule has 1 aliphatic carbocycles. The average Bonchev–Trinajstić information content (AvgIpc) is 3.39. The molecule has 7 nitrogen and oxygen atoms in total. The van der Waals surface area contributed by atoms with Crippen molar-refractivity contribution < 1.29 is 4.74 Å². The topological polar surface area (TPSA) is 66.7 Å². The number of halogens is 1. The van der Waals surface area contributed by atoms with Gasteiger partial charge in [-0.3, -0.25) is 4.68 Å². The molecule has 0 spiro atoms. The van der Waals surface area contributed by atoms with Gasteiger partial charge < -0.3 is 20.3 Å². The normalized spacial score (nSPS) is 15.5. The van der Waals surface area contributed by atoms with Crippen LogP contribution in [-0.4, -0.2) is 53.9 Å². The van der Waals surface area contributed by atoms with E-state index in [1.807, 2.05) is 17.9 Å². The van der Waals surface area contributed by atoms with Gasteiger partial charge in [0.25, 0.3) is 0 Å². The maximum absolute atomic E-state index is 6.34. The van der Waals surface area contributed by atoms with Crippen LogP contribution in [0.3, 0.4) is 0 Å². The van der Waals surface area contributed by atoms with E-state index < -0.39 is 0 Å². The zero-order valence-corrected chi connectivity index (χ0v) is 22.4. The molecule has 1 aliphatic rings. The Morgan fingerprint density at radius 2 is 2.03 bits per heavy atom. The summed E-state index contributed by atoms with van der Waals surface area (Å²) in [5.74, 6) is 1.79. The van der Waals surface area contributed by atoms with Gasteiger partial charge in [0.15, 0.2) is 5.96 Å². The van der Waals surface area contributed by atoms with E-state index in [1.165, 1.54) is 24.0 Å². The molecule has 1 heterocycles. The maximum atomic E-state index is 6.34. The Morgan fingerprint density at radius 1 is 1.28 bits per heavy atom. The number of likely N-dealkylation sites (N-methyl/N-ethyl adjacent to an activating group) is 1. The fourth-order valence-corrected chi connectivity index (χ4v) is 4.00. The standard InChI is InChI=1S/C24H38N6O.HI/c1-6-25-24(27-16-22(29(3)4)20-15-28-30(5)17-20)26-14-19-12-11-18(2)13-23(19)31-21-9-7-8-10-21;/h11-13,15,17,21-22H,6-10,14,16H2,1-5H3,(H2,25,26,27);1H. The van der Waals surface area contributed by atoms with Crippen molar-refractivity contribution in [3.8, 4) is 5.75 Å². The number of benzene rings is 1. The molecule has 3 rings (SSSR count). The molecule has 1 unspecified atom stereocenters. The number of aliphatic imine (C=N–C) groups is 1. The number of guanidine groups is 1. The van der Waals surface area contributed by atoms with Gasteiger partial charge in [-0.1, -0.05) is 12.1 Å². The second-order valence-corrected chi connectivity index (χ2v) is 8.64. The highest BCUT2D eigenvalue weighted by Gasteiger charge is 2.19. The first-order valence-electron chi connectivity index (χ1n) is 11.4. The molecule has 1 aromatic carbocycles. The molecule has 1 aromatic heterocycles. The molecule has 178 valence electrons. The molecule has 2 N–H and O–H groups in total. The Labute approximate surface area is 210 Å². The summed E-state index contributed by atoms with van der Waals surface area (Å²) in [7, 11) is 6.12. The summed E-state index contributed by atoms with van der Waals surface area (Å²) in [5.41, 5.74) is 3.53. The highest BCUT2D eigenvalue weighted by Crippen LogP contribution is 2.28. The molecule has 1 atom stereocenters. The zero-order valence-electron chi connectivity index (χ0n) is 20.1. The fraction of sp³-hybridized carbons (Fsp3) is 0.583. The van der Waals surface area contributed by atoms with Gasteiger partial charge >= 0.3 is 0 Å². The van der Waals surface area contributed by atoms with Crippen LogP contribution >= 0.6 is 24.0 Å². The number of aryl methyl sites for hydroxylation is 2. The number of nitrogens with zero attached hydrogens (tertiary/aromatic N) is 4. The minimum Gasteiger partial charge on any atom is -0.490 e. The molecule has 8 heteroatoms. The Kier molecular flexibility index (Phi) is 10.8. The molecule has 0 saturated heterocycles. The van der Waals surface area contributed by atoms with Gasteiger partial charge in [-0.2, -0.15) is 5.10 Å². The highest BCUT2D eigenvalue weighted by atomic mass is 127. The van der Waals surface area contributed by atoms with E-state index in [0.29, 0.717) is 12.6 Å². The van der Waals surface area contributed by atoms with Crippen LogP contribution in [0.25, 0.3) is 0 Å². The third-order valence-corrected chi connectivity index (χ3v) is 5.77. The van der Waals surface area contributed by atoms with Gasteiger partial charge in [0, 0.05) is 37.5 Å². The molecule has 0 amide bonds. The van der Waals surface area contributed by atoms with E-state index in [-0.39, 0.29) is 30.0 Å². The predicted molar refractivity (Wildman–Crippen MR) is 142 cm³/mol. The van der Waals surface area contributed by atoms with Crippen LogP contribution in [0.2, 0.25) is 0 Å². The lowest BCUT2D eigenvalue weighted by atomic mass is 10.1. The first-order chi connectivity index (χ1) is 15.0. The van der Waals surface area contributed by atoms with Crippen molar-refractivity contribution in [1.29, 1.82) is 0 Å². The minimum atomic E-state index is 0. The van der Waals surface area contributed by atoms with E-state index in [2.05, 4.69) is 73.0 Å². The largest absolute Gasteiger partial charge is 0.490 e.